The SMILES string of the molecule is Cc1ccc(S(=O)(=O)N(CC(=O)NCc2ccc3c(c2)OCO3)Cc2ccc(Cl)cc2Cl)cc1. The van der Waals surface area contributed by atoms with Gasteiger partial charge in [0, 0.05) is 23.1 Å². The summed E-state index contributed by atoms with van der Waals surface area (Å²) >= 11 is 12.3. The van der Waals surface area contributed by atoms with E-state index in [1.807, 2.05) is 13.0 Å². The topological polar surface area (TPSA) is 84.9 Å². The van der Waals surface area contributed by atoms with Gasteiger partial charge in [0.1, 0.15) is 0 Å². The average molecular weight is 521 g/mol. The molecule has 0 unspecified atom stereocenters. The lowest BCUT2D eigenvalue weighted by Gasteiger charge is -2.22. The molecule has 0 saturated carbocycles. The minimum Gasteiger partial charge on any atom is -0.454 e. The van der Waals surface area contributed by atoms with Crippen molar-refractivity contribution in [3.8, 4) is 11.5 Å². The van der Waals surface area contributed by atoms with Gasteiger partial charge >= 0.3 is 0 Å². The van der Waals surface area contributed by atoms with Crippen molar-refractivity contribution >= 4 is 39.1 Å². The van der Waals surface area contributed by atoms with Crippen LogP contribution in [0.25, 0.3) is 0 Å². The van der Waals surface area contributed by atoms with E-state index in [0.717, 1.165) is 15.4 Å². The number of fused-ring (bicyclic) bond motifs is 1. The molecule has 3 aromatic rings. The number of benzene rings is 3. The zero-order valence-electron chi connectivity index (χ0n) is 18.3. The number of nitrogens with one attached hydrogen (secondary N) is 1. The number of carbonyl (C=O) groups excluding carboxylic acids is 1. The van der Waals surface area contributed by atoms with Gasteiger partial charge in [-0.1, -0.05) is 53.0 Å². The predicted molar refractivity (Wildman–Crippen MR) is 130 cm³/mol. The first-order valence-electron chi connectivity index (χ1n) is 10.4. The zero-order chi connectivity index (χ0) is 24.3. The van der Waals surface area contributed by atoms with E-state index < -0.39 is 15.9 Å². The lowest BCUT2D eigenvalue weighted by molar-refractivity contribution is -0.121. The number of hydrogen-bond acceptors (Lipinski definition) is 5. The summed E-state index contributed by atoms with van der Waals surface area (Å²) in [5.74, 6) is 0.788. The molecule has 0 aliphatic carbocycles. The first-order valence-corrected chi connectivity index (χ1v) is 12.6. The van der Waals surface area contributed by atoms with Crippen molar-refractivity contribution in [3.05, 3.63) is 87.4 Å². The molecule has 0 radical (unpaired) electrons. The number of sulfonamides is 1. The molecule has 1 heterocycles. The summed E-state index contributed by atoms with van der Waals surface area (Å²) in [6, 6.07) is 16.6. The molecule has 0 spiro atoms. The van der Waals surface area contributed by atoms with Crippen molar-refractivity contribution in [2.75, 3.05) is 13.3 Å². The monoisotopic (exact) mass is 520 g/mol. The Kier molecular flexibility index (Phi) is 7.33. The summed E-state index contributed by atoms with van der Waals surface area (Å²) < 4.78 is 38.6. The first kappa shape index (κ1) is 24.3. The van der Waals surface area contributed by atoms with Gasteiger partial charge in [-0.25, -0.2) is 8.42 Å². The fraction of sp³-hybridized carbons (Fsp3) is 0.208. The maximum Gasteiger partial charge on any atom is 0.243 e. The Hall–Kier alpha value is -2.78. The lowest BCUT2D eigenvalue weighted by atomic mass is 10.2. The van der Waals surface area contributed by atoms with Crippen LogP contribution in [0.15, 0.2) is 65.6 Å². The highest BCUT2D eigenvalue weighted by Crippen LogP contribution is 2.32. The molecule has 178 valence electrons. The van der Waals surface area contributed by atoms with E-state index in [1.54, 1.807) is 36.4 Å². The minimum absolute atomic E-state index is 0.0896. The van der Waals surface area contributed by atoms with E-state index in [-0.39, 0.29) is 31.3 Å². The van der Waals surface area contributed by atoms with Crippen LogP contribution in [0.2, 0.25) is 10.0 Å². The van der Waals surface area contributed by atoms with Crippen molar-refractivity contribution in [2.24, 2.45) is 0 Å². The molecule has 3 aromatic carbocycles. The van der Waals surface area contributed by atoms with Gasteiger partial charge in [0.25, 0.3) is 0 Å². The number of rotatable bonds is 8. The van der Waals surface area contributed by atoms with Gasteiger partial charge < -0.3 is 14.8 Å². The van der Waals surface area contributed by atoms with E-state index in [2.05, 4.69) is 5.32 Å². The Morgan fingerprint density at radius 2 is 1.74 bits per heavy atom. The normalized spacial score (nSPS) is 12.7. The number of carbonyl (C=O) groups is 1. The quantitative estimate of drug-likeness (QED) is 0.471. The van der Waals surface area contributed by atoms with Crippen molar-refractivity contribution in [1.29, 1.82) is 0 Å². The third-order valence-corrected chi connectivity index (χ3v) is 7.66. The van der Waals surface area contributed by atoms with Gasteiger partial charge in [-0.2, -0.15) is 4.31 Å². The summed E-state index contributed by atoms with van der Waals surface area (Å²) in [6.45, 7) is 1.74. The molecule has 1 aliphatic heterocycles. The van der Waals surface area contributed by atoms with Gasteiger partial charge in [-0.3, -0.25) is 4.79 Å². The maximum atomic E-state index is 13.4. The molecule has 7 nitrogen and oxygen atoms in total. The van der Waals surface area contributed by atoms with E-state index in [9.17, 15) is 13.2 Å². The second-order valence-electron chi connectivity index (χ2n) is 7.79. The molecular weight excluding hydrogens is 499 g/mol. The first-order chi connectivity index (χ1) is 16.2. The van der Waals surface area contributed by atoms with Crippen LogP contribution in [-0.2, 0) is 27.9 Å². The Labute approximate surface area is 208 Å². The fourth-order valence-electron chi connectivity index (χ4n) is 3.39. The van der Waals surface area contributed by atoms with Crippen LogP contribution in [0.4, 0.5) is 0 Å². The molecule has 34 heavy (non-hydrogen) atoms. The third kappa shape index (κ3) is 5.64. The molecule has 0 bridgehead atoms. The van der Waals surface area contributed by atoms with Gasteiger partial charge in [0.05, 0.1) is 11.4 Å². The molecule has 1 amide bonds. The largest absolute Gasteiger partial charge is 0.454 e. The Bertz CT molecular complexity index is 1310. The van der Waals surface area contributed by atoms with Crippen LogP contribution in [0.5, 0.6) is 11.5 Å². The van der Waals surface area contributed by atoms with Gasteiger partial charge in [0.2, 0.25) is 22.7 Å². The Balaban J connectivity index is 1.53. The highest BCUT2D eigenvalue weighted by molar-refractivity contribution is 7.89. The van der Waals surface area contributed by atoms with Crippen molar-refractivity contribution in [2.45, 2.75) is 24.9 Å². The summed E-state index contributed by atoms with van der Waals surface area (Å²) in [6.07, 6.45) is 0. The average Bonchev–Trinajstić information content (AvgIpc) is 3.27. The zero-order valence-corrected chi connectivity index (χ0v) is 20.6. The molecule has 1 N–H and O–H groups in total. The number of hydrogen-bond donors (Lipinski definition) is 1. The second-order valence-corrected chi connectivity index (χ2v) is 10.6. The maximum absolute atomic E-state index is 13.4. The van der Waals surface area contributed by atoms with E-state index >= 15 is 0 Å². The summed E-state index contributed by atoms with van der Waals surface area (Å²) in [4.78, 5) is 12.9. The molecule has 4 rings (SSSR count). The van der Waals surface area contributed by atoms with Crippen molar-refractivity contribution in [3.63, 3.8) is 0 Å². The molecule has 1 aliphatic rings. The number of amides is 1. The van der Waals surface area contributed by atoms with Crippen LogP contribution >= 0.6 is 23.2 Å². The van der Waals surface area contributed by atoms with E-state index in [0.29, 0.717) is 27.1 Å². The standard InChI is InChI=1S/C24H22Cl2N2O5S/c1-16-2-7-20(8-3-16)34(30,31)28(13-18-5-6-19(25)11-21(18)26)14-24(29)27-12-17-4-9-22-23(10-17)33-15-32-22/h2-11H,12-15H2,1H3,(H,27,29). The molecule has 0 fully saturated rings. The molecule has 0 aromatic heterocycles. The predicted octanol–water partition coefficient (Wildman–Crippen LogP) is 4.54. The molecule has 10 heteroatoms. The van der Waals surface area contributed by atoms with Crippen LogP contribution in [0, 0.1) is 6.92 Å². The van der Waals surface area contributed by atoms with Gasteiger partial charge in [-0.05, 0) is 54.4 Å². The van der Waals surface area contributed by atoms with Gasteiger partial charge in [0.15, 0.2) is 11.5 Å². The van der Waals surface area contributed by atoms with Crippen LogP contribution < -0.4 is 14.8 Å². The second kappa shape index (κ2) is 10.2. The van der Waals surface area contributed by atoms with Crippen molar-refractivity contribution in [1.82, 2.24) is 9.62 Å². The van der Waals surface area contributed by atoms with Crippen molar-refractivity contribution < 1.29 is 22.7 Å². The summed E-state index contributed by atoms with van der Waals surface area (Å²) in [5.41, 5.74) is 2.25. The number of nitrogens with zero attached hydrogens (tertiary/aromatic N) is 1. The number of ether oxygens (including phenoxy) is 2. The smallest absolute Gasteiger partial charge is 0.243 e. The molecular formula is C24H22Cl2N2O5S. The van der Waals surface area contributed by atoms with Crippen LogP contribution in [-0.4, -0.2) is 32.0 Å². The minimum atomic E-state index is -3.98. The fourth-order valence-corrected chi connectivity index (χ4v) is 5.24. The Morgan fingerprint density at radius 3 is 2.47 bits per heavy atom. The van der Waals surface area contributed by atoms with Crippen LogP contribution in [0.3, 0.4) is 0 Å². The van der Waals surface area contributed by atoms with Gasteiger partial charge in [-0.15, -0.1) is 0 Å². The van der Waals surface area contributed by atoms with E-state index in [4.69, 9.17) is 32.7 Å². The lowest BCUT2D eigenvalue weighted by Crippen LogP contribution is -2.40. The molecule has 0 saturated heterocycles. The Morgan fingerprint density at radius 1 is 1.00 bits per heavy atom. The third-order valence-electron chi connectivity index (χ3n) is 5.27. The highest BCUT2D eigenvalue weighted by Gasteiger charge is 2.27. The highest BCUT2D eigenvalue weighted by atomic mass is 35.5. The number of halogens is 2. The summed E-state index contributed by atoms with van der Waals surface area (Å²) in [5, 5.41) is 3.52. The van der Waals surface area contributed by atoms with E-state index in [1.165, 1.54) is 18.2 Å². The molecule has 0 atom stereocenters. The summed E-state index contributed by atoms with van der Waals surface area (Å²) in [7, 11) is -3.98. The van der Waals surface area contributed by atoms with Crippen LogP contribution in [0.1, 0.15) is 16.7 Å². The number of aryl methyl sites for hydroxylation is 1.